The number of aryl methyl sites for hydroxylation is 1. The van der Waals surface area contributed by atoms with E-state index in [-0.39, 0.29) is 6.42 Å². The number of primary amides is 1. The molecule has 122 valence electrons. The normalized spacial score (nSPS) is 13.3. The molecular weight excluding hydrogens is 364 g/mol. The molecule has 2 aromatic rings. The molecule has 1 heterocycles. The van der Waals surface area contributed by atoms with E-state index in [1.807, 2.05) is 30.3 Å². The summed E-state index contributed by atoms with van der Waals surface area (Å²) in [5.41, 5.74) is 6.41. The monoisotopic (exact) mass is 381 g/mol. The first-order valence-electron chi connectivity index (χ1n) is 6.95. The predicted molar refractivity (Wildman–Crippen MR) is 86.3 cm³/mol. The molecule has 5 N–H and O–H groups in total. The number of nitrogens with two attached hydrogens (primary N) is 1. The van der Waals surface area contributed by atoms with E-state index in [1.54, 1.807) is 11.7 Å². The summed E-state index contributed by atoms with van der Waals surface area (Å²) in [5, 5.41) is 15.5. The largest absolute Gasteiger partial charge is 0.381 e. The molecule has 23 heavy (non-hydrogen) atoms. The van der Waals surface area contributed by atoms with Gasteiger partial charge >= 0.3 is 0 Å². The van der Waals surface area contributed by atoms with Crippen LogP contribution in [0.15, 0.2) is 41.1 Å². The third-order valence-electron chi connectivity index (χ3n) is 3.45. The van der Waals surface area contributed by atoms with Gasteiger partial charge in [0.1, 0.15) is 5.56 Å². The molecule has 2 amide bonds. The minimum Gasteiger partial charge on any atom is -0.381 e. The molecule has 2 atom stereocenters. The van der Waals surface area contributed by atoms with E-state index < -0.39 is 24.0 Å². The lowest BCUT2D eigenvalue weighted by atomic mass is 10.0. The van der Waals surface area contributed by atoms with Crippen molar-refractivity contribution in [1.82, 2.24) is 10.4 Å². The second-order valence-electron chi connectivity index (χ2n) is 5.15. The Morgan fingerprint density at radius 1 is 1.39 bits per heavy atom. The summed E-state index contributed by atoms with van der Waals surface area (Å²) in [6.45, 7) is 0. The maximum Gasteiger partial charge on any atom is 0.285 e. The van der Waals surface area contributed by atoms with E-state index in [0.717, 1.165) is 5.56 Å². The van der Waals surface area contributed by atoms with Crippen molar-refractivity contribution >= 4 is 27.7 Å². The van der Waals surface area contributed by atoms with Crippen LogP contribution in [0.4, 0.5) is 0 Å². The Kier molecular flexibility index (Phi) is 5.51. The molecule has 1 aromatic heterocycles. The van der Waals surface area contributed by atoms with Crippen LogP contribution in [-0.4, -0.2) is 34.2 Å². The van der Waals surface area contributed by atoms with Crippen LogP contribution in [-0.2, 0) is 18.3 Å². The number of aliphatic hydroxyl groups excluding tert-OH is 1. The van der Waals surface area contributed by atoms with E-state index in [0.29, 0.717) is 10.2 Å². The van der Waals surface area contributed by atoms with Gasteiger partial charge in [-0.15, -0.1) is 4.68 Å². The molecule has 2 rings (SSSR count). The fourth-order valence-corrected chi connectivity index (χ4v) is 2.57. The van der Waals surface area contributed by atoms with E-state index in [9.17, 15) is 14.7 Å². The molecule has 1 aromatic carbocycles. The fraction of sp³-hybridized carbons (Fsp3) is 0.267. The second kappa shape index (κ2) is 7.38. The number of aromatic amines is 1. The van der Waals surface area contributed by atoms with E-state index in [2.05, 4.69) is 26.3 Å². The maximum absolute atomic E-state index is 12.4. The number of aliphatic hydroxyl groups is 1. The number of nitrogens with zero attached hydrogens (tertiary/aromatic N) is 1. The molecule has 8 heteroatoms. The summed E-state index contributed by atoms with van der Waals surface area (Å²) in [6.07, 6.45) is 0.325. The predicted octanol–water partition coefficient (Wildman–Crippen LogP) is -0.211. The van der Waals surface area contributed by atoms with Gasteiger partial charge in [-0.05, 0) is 12.0 Å². The zero-order valence-corrected chi connectivity index (χ0v) is 14.1. The highest BCUT2D eigenvalue weighted by molar-refractivity contribution is 9.10. The van der Waals surface area contributed by atoms with Gasteiger partial charge in [-0.1, -0.05) is 30.3 Å². The van der Waals surface area contributed by atoms with Crippen molar-refractivity contribution in [2.45, 2.75) is 18.6 Å². The molecule has 0 saturated heterocycles. The number of aromatic nitrogens is 2. The quantitative estimate of drug-likeness (QED) is 0.519. The number of benzene rings is 1. The van der Waals surface area contributed by atoms with E-state index >= 15 is 0 Å². The fourth-order valence-electron chi connectivity index (χ4n) is 2.17. The Morgan fingerprint density at radius 2 is 2.04 bits per heavy atom. The van der Waals surface area contributed by atoms with Gasteiger partial charge in [0.05, 0.1) is 12.2 Å². The summed E-state index contributed by atoms with van der Waals surface area (Å²) in [7, 11) is 1.74. The van der Waals surface area contributed by atoms with Crippen molar-refractivity contribution < 1.29 is 19.4 Å². The van der Waals surface area contributed by atoms with Crippen molar-refractivity contribution in [3.8, 4) is 0 Å². The minimum absolute atomic E-state index is 0.283. The number of amides is 2. The lowest BCUT2D eigenvalue weighted by molar-refractivity contribution is -0.736. The van der Waals surface area contributed by atoms with Crippen LogP contribution in [0.5, 0.6) is 0 Å². The van der Waals surface area contributed by atoms with E-state index in [1.165, 1.54) is 6.20 Å². The average Bonchev–Trinajstić information content (AvgIpc) is 2.86. The van der Waals surface area contributed by atoms with Crippen molar-refractivity contribution in [3.05, 3.63) is 52.3 Å². The third kappa shape index (κ3) is 4.17. The highest BCUT2D eigenvalue weighted by atomic mass is 79.9. The lowest BCUT2D eigenvalue weighted by Crippen LogP contribution is -2.50. The highest BCUT2D eigenvalue weighted by Gasteiger charge is 2.29. The zero-order chi connectivity index (χ0) is 17.0. The molecule has 0 aliphatic heterocycles. The number of hydrogen-bond donors (Lipinski definition) is 4. The van der Waals surface area contributed by atoms with Crippen LogP contribution in [0.25, 0.3) is 0 Å². The number of nitrogens with one attached hydrogen (secondary N) is 2. The molecular formula is C15H18BrN4O3+. The summed E-state index contributed by atoms with van der Waals surface area (Å²) in [4.78, 5) is 23.7. The highest BCUT2D eigenvalue weighted by Crippen LogP contribution is 2.12. The number of hydrogen-bond acceptors (Lipinski definition) is 3. The third-order valence-corrected chi connectivity index (χ3v) is 4.41. The minimum atomic E-state index is -1.48. The summed E-state index contributed by atoms with van der Waals surface area (Å²) in [6, 6.07) is 8.41. The average molecular weight is 382 g/mol. The SMILES string of the molecule is C[n+]1[nH]cc(C(=O)N[C@@H](Cc2ccccc2)C(O)C(N)=O)c1Br. The van der Waals surface area contributed by atoms with Crippen LogP contribution >= 0.6 is 15.9 Å². The van der Waals surface area contributed by atoms with Gasteiger partial charge in [0.2, 0.25) is 5.91 Å². The molecule has 1 unspecified atom stereocenters. The molecule has 7 nitrogen and oxygen atoms in total. The van der Waals surface area contributed by atoms with Gasteiger partial charge in [0, 0.05) is 15.9 Å². The van der Waals surface area contributed by atoms with Crippen molar-refractivity contribution in [2.24, 2.45) is 12.8 Å². The maximum atomic E-state index is 12.4. The Labute approximate surface area is 141 Å². The molecule has 0 bridgehead atoms. The van der Waals surface area contributed by atoms with Gasteiger partial charge in [-0.2, -0.15) is 5.10 Å². The summed E-state index contributed by atoms with van der Waals surface area (Å²) in [5.74, 6) is -1.31. The number of rotatable bonds is 6. The summed E-state index contributed by atoms with van der Waals surface area (Å²) >= 11 is 3.29. The number of carbonyl (C=O) groups excluding carboxylic acids is 2. The van der Waals surface area contributed by atoms with Gasteiger partial charge in [0.25, 0.3) is 10.5 Å². The smallest absolute Gasteiger partial charge is 0.285 e. The van der Waals surface area contributed by atoms with E-state index in [4.69, 9.17) is 5.73 Å². The molecule has 0 spiro atoms. The standard InChI is InChI=1S/C15H17BrN4O3/c1-20-13(16)10(8-18-20)15(23)19-11(12(21)14(17)22)7-9-5-3-2-4-6-9/h2-6,8,11-12,21H,7H2,1H3,(H3,17,19,22,23)/p+1/t11-,12?/m0/s1. The summed E-state index contributed by atoms with van der Waals surface area (Å²) < 4.78 is 2.17. The van der Waals surface area contributed by atoms with Crippen molar-refractivity contribution in [2.75, 3.05) is 0 Å². The molecule has 0 aliphatic rings. The first kappa shape index (κ1) is 17.2. The molecule has 0 aliphatic carbocycles. The van der Waals surface area contributed by atoms with Crippen LogP contribution < -0.4 is 15.7 Å². The van der Waals surface area contributed by atoms with Gasteiger partial charge in [-0.3, -0.25) is 9.59 Å². The first-order chi connectivity index (χ1) is 10.9. The molecule has 0 radical (unpaired) electrons. The Hall–Kier alpha value is -2.19. The molecule has 0 saturated carbocycles. The Morgan fingerprint density at radius 3 is 2.57 bits per heavy atom. The van der Waals surface area contributed by atoms with Gasteiger partial charge in [-0.25, -0.2) is 0 Å². The van der Waals surface area contributed by atoms with Crippen molar-refractivity contribution in [1.29, 1.82) is 0 Å². The lowest BCUT2D eigenvalue weighted by Gasteiger charge is -2.21. The Bertz CT molecular complexity index is 702. The number of halogens is 1. The zero-order valence-electron chi connectivity index (χ0n) is 12.5. The van der Waals surface area contributed by atoms with Crippen LogP contribution in [0.3, 0.4) is 0 Å². The van der Waals surface area contributed by atoms with Gasteiger partial charge in [0.15, 0.2) is 13.2 Å². The van der Waals surface area contributed by atoms with Crippen LogP contribution in [0, 0.1) is 0 Å². The van der Waals surface area contributed by atoms with Crippen LogP contribution in [0.1, 0.15) is 15.9 Å². The van der Waals surface area contributed by atoms with Crippen molar-refractivity contribution in [3.63, 3.8) is 0 Å². The number of H-pyrrole nitrogens is 1. The molecule has 0 fully saturated rings. The second-order valence-corrected chi connectivity index (χ2v) is 5.90. The van der Waals surface area contributed by atoms with Crippen LogP contribution in [0.2, 0.25) is 0 Å². The Balaban J connectivity index is 2.19. The van der Waals surface area contributed by atoms with Gasteiger partial charge < -0.3 is 16.2 Å². The topological polar surface area (TPSA) is 112 Å². The first-order valence-corrected chi connectivity index (χ1v) is 7.74. The number of carbonyl (C=O) groups is 2.